The molecule has 88 valence electrons. The van der Waals surface area contributed by atoms with E-state index >= 15 is 0 Å². The smallest absolute Gasteiger partial charge is 0.230 e. The Morgan fingerprint density at radius 2 is 2.24 bits per heavy atom. The van der Waals surface area contributed by atoms with E-state index in [1.807, 2.05) is 19.2 Å². The molecule has 0 saturated carbocycles. The topological polar surface area (TPSA) is 75.5 Å². The molecule has 0 aliphatic carbocycles. The normalized spacial score (nSPS) is 14.1. The van der Waals surface area contributed by atoms with E-state index in [1.54, 1.807) is 0 Å². The Hall–Kier alpha value is -2.17. The summed E-state index contributed by atoms with van der Waals surface area (Å²) in [5, 5.41) is 13.9. The summed E-state index contributed by atoms with van der Waals surface area (Å²) >= 11 is 0. The van der Waals surface area contributed by atoms with Crippen molar-refractivity contribution in [1.82, 2.24) is 5.16 Å². The van der Waals surface area contributed by atoms with Gasteiger partial charge in [-0.25, -0.2) is 0 Å². The van der Waals surface area contributed by atoms with Crippen LogP contribution in [-0.4, -0.2) is 23.9 Å². The van der Waals surface area contributed by atoms with E-state index in [9.17, 15) is 5.11 Å². The first-order chi connectivity index (χ1) is 8.18. The van der Waals surface area contributed by atoms with Gasteiger partial charge in [-0.3, -0.25) is 0 Å². The molecule has 0 spiro atoms. The number of anilines is 2. The average Bonchev–Trinajstić information content (AvgIpc) is 2.88. The van der Waals surface area contributed by atoms with Crippen LogP contribution >= 0.6 is 0 Å². The van der Waals surface area contributed by atoms with Gasteiger partial charge in [0.15, 0.2) is 0 Å². The summed E-state index contributed by atoms with van der Waals surface area (Å²) in [6, 6.07) is 3.84. The van der Waals surface area contributed by atoms with Gasteiger partial charge in [0.05, 0.1) is 11.8 Å². The molecule has 0 radical (unpaired) electrons. The predicted molar refractivity (Wildman–Crippen MR) is 65.0 cm³/mol. The lowest BCUT2D eigenvalue weighted by Crippen LogP contribution is -2.12. The first-order valence-corrected chi connectivity index (χ1v) is 5.45. The minimum Gasteiger partial charge on any atom is -0.507 e. The molecule has 0 atom stereocenters. The molecule has 5 heteroatoms. The number of benzene rings is 1. The Bertz CT molecular complexity index is 577. The van der Waals surface area contributed by atoms with E-state index < -0.39 is 0 Å². The fraction of sp³-hybridized carbons (Fsp3) is 0.250. The first kappa shape index (κ1) is 10.0. The number of fused-ring (bicyclic) bond motifs is 1. The molecular weight excluding hydrogens is 218 g/mol. The molecule has 3 N–H and O–H groups in total. The molecule has 1 aromatic carbocycles. The zero-order chi connectivity index (χ0) is 12.0. The van der Waals surface area contributed by atoms with Crippen LogP contribution in [0.2, 0.25) is 0 Å². The lowest BCUT2D eigenvalue weighted by atomic mass is 10.0. The molecule has 0 fully saturated rings. The highest BCUT2D eigenvalue weighted by Crippen LogP contribution is 2.42. The fourth-order valence-electron chi connectivity index (χ4n) is 2.30. The third-order valence-corrected chi connectivity index (χ3v) is 3.25. The predicted octanol–water partition coefficient (Wildman–Crippen LogP) is 1.62. The third-order valence-electron chi connectivity index (χ3n) is 3.25. The lowest BCUT2D eigenvalue weighted by molar-refractivity contribution is 0.436. The Labute approximate surface area is 98.4 Å². The summed E-state index contributed by atoms with van der Waals surface area (Å²) in [5.74, 6) is 0.508. The monoisotopic (exact) mass is 231 g/mol. The zero-order valence-electron chi connectivity index (χ0n) is 9.47. The van der Waals surface area contributed by atoms with Gasteiger partial charge in [-0.2, -0.15) is 0 Å². The second-order valence-electron chi connectivity index (χ2n) is 4.23. The van der Waals surface area contributed by atoms with Crippen molar-refractivity contribution in [3.05, 3.63) is 23.9 Å². The summed E-state index contributed by atoms with van der Waals surface area (Å²) in [4.78, 5) is 2.12. The highest BCUT2D eigenvalue weighted by Gasteiger charge is 2.23. The van der Waals surface area contributed by atoms with Crippen molar-refractivity contribution in [3.8, 4) is 16.9 Å². The van der Waals surface area contributed by atoms with Crippen molar-refractivity contribution < 1.29 is 9.63 Å². The molecular formula is C12H13N3O2. The number of aromatic nitrogens is 1. The highest BCUT2D eigenvalue weighted by molar-refractivity contribution is 5.81. The number of nitrogen functional groups attached to an aromatic ring is 1. The molecule has 0 amide bonds. The van der Waals surface area contributed by atoms with Crippen molar-refractivity contribution in [2.75, 3.05) is 24.2 Å². The number of rotatable bonds is 1. The molecule has 0 saturated heterocycles. The molecule has 5 nitrogen and oxygen atoms in total. The summed E-state index contributed by atoms with van der Waals surface area (Å²) < 4.78 is 4.82. The zero-order valence-corrected chi connectivity index (χ0v) is 9.47. The van der Waals surface area contributed by atoms with Gasteiger partial charge in [0.2, 0.25) is 5.88 Å². The van der Waals surface area contributed by atoms with E-state index in [1.165, 1.54) is 6.20 Å². The fourth-order valence-corrected chi connectivity index (χ4v) is 2.30. The third kappa shape index (κ3) is 1.35. The van der Waals surface area contributed by atoms with Crippen molar-refractivity contribution in [2.45, 2.75) is 6.42 Å². The van der Waals surface area contributed by atoms with Crippen LogP contribution in [0.25, 0.3) is 11.1 Å². The quantitative estimate of drug-likeness (QED) is 0.780. The molecule has 1 aromatic heterocycles. The number of phenolic OH excluding ortho intramolecular Hbond substituents is 1. The van der Waals surface area contributed by atoms with Gasteiger partial charge >= 0.3 is 0 Å². The van der Waals surface area contributed by atoms with Crippen molar-refractivity contribution >= 4 is 11.6 Å². The summed E-state index contributed by atoms with van der Waals surface area (Å²) in [6.07, 6.45) is 2.37. The highest BCUT2D eigenvalue weighted by atomic mass is 16.5. The second kappa shape index (κ2) is 3.41. The standard InChI is InChI=1S/C12H13N3O2/c1-15-5-4-8-10(15)3-2-7(11(8)16)9-6-14-17-12(9)13/h2-3,6,16H,4-5,13H2,1H3. The summed E-state index contributed by atoms with van der Waals surface area (Å²) in [6.45, 7) is 0.922. The van der Waals surface area contributed by atoms with Crippen LogP contribution in [-0.2, 0) is 6.42 Å². The number of nitrogens with two attached hydrogens (primary N) is 1. The molecule has 0 bridgehead atoms. The number of aromatic hydroxyl groups is 1. The molecule has 17 heavy (non-hydrogen) atoms. The van der Waals surface area contributed by atoms with E-state index in [0.29, 0.717) is 11.1 Å². The molecule has 2 heterocycles. The van der Waals surface area contributed by atoms with Gasteiger partial charge in [0, 0.05) is 30.4 Å². The first-order valence-electron chi connectivity index (χ1n) is 5.45. The summed E-state index contributed by atoms with van der Waals surface area (Å²) in [5.41, 5.74) is 9.01. The Morgan fingerprint density at radius 3 is 2.94 bits per heavy atom. The molecule has 2 aromatic rings. The van der Waals surface area contributed by atoms with E-state index in [-0.39, 0.29) is 11.6 Å². The minimum atomic E-state index is 0.228. The van der Waals surface area contributed by atoms with Crippen LogP contribution in [0.3, 0.4) is 0 Å². The van der Waals surface area contributed by atoms with Gasteiger partial charge in [-0.05, 0) is 18.6 Å². The second-order valence-corrected chi connectivity index (χ2v) is 4.23. The molecule has 1 aliphatic rings. The Morgan fingerprint density at radius 1 is 1.41 bits per heavy atom. The summed E-state index contributed by atoms with van der Waals surface area (Å²) in [7, 11) is 2.01. The number of nitrogens with zero attached hydrogens (tertiary/aromatic N) is 2. The largest absolute Gasteiger partial charge is 0.507 e. The molecule has 3 rings (SSSR count). The molecule has 1 aliphatic heterocycles. The Balaban J connectivity index is 2.18. The van der Waals surface area contributed by atoms with Crippen LogP contribution in [0.1, 0.15) is 5.56 Å². The number of likely N-dealkylation sites (N-methyl/N-ethyl adjacent to an activating group) is 1. The maximum absolute atomic E-state index is 10.3. The van der Waals surface area contributed by atoms with Crippen molar-refractivity contribution in [1.29, 1.82) is 0 Å². The van der Waals surface area contributed by atoms with E-state index in [4.69, 9.17) is 10.3 Å². The van der Waals surface area contributed by atoms with Crippen molar-refractivity contribution in [2.24, 2.45) is 0 Å². The number of phenols is 1. The maximum atomic E-state index is 10.3. The Kier molecular flexibility index (Phi) is 2.01. The number of hydrogen-bond donors (Lipinski definition) is 2. The lowest BCUT2D eigenvalue weighted by Gasteiger charge is -2.13. The van der Waals surface area contributed by atoms with E-state index in [0.717, 1.165) is 24.2 Å². The van der Waals surface area contributed by atoms with Gasteiger partial charge in [0.1, 0.15) is 5.75 Å². The molecule has 0 unspecified atom stereocenters. The van der Waals surface area contributed by atoms with Gasteiger partial charge in [-0.1, -0.05) is 5.16 Å². The van der Waals surface area contributed by atoms with Crippen LogP contribution in [0.4, 0.5) is 11.6 Å². The van der Waals surface area contributed by atoms with Crippen LogP contribution in [0.5, 0.6) is 5.75 Å². The van der Waals surface area contributed by atoms with E-state index in [2.05, 4.69) is 10.1 Å². The van der Waals surface area contributed by atoms with Crippen molar-refractivity contribution in [3.63, 3.8) is 0 Å². The average molecular weight is 231 g/mol. The van der Waals surface area contributed by atoms with Gasteiger partial charge < -0.3 is 20.3 Å². The SMILES string of the molecule is CN1CCc2c1ccc(-c1cnoc1N)c2O. The minimum absolute atomic E-state index is 0.228. The van der Waals surface area contributed by atoms with Crippen LogP contribution in [0.15, 0.2) is 22.9 Å². The maximum Gasteiger partial charge on any atom is 0.230 e. The van der Waals surface area contributed by atoms with Gasteiger partial charge in [0.25, 0.3) is 0 Å². The van der Waals surface area contributed by atoms with Gasteiger partial charge in [-0.15, -0.1) is 0 Å². The van der Waals surface area contributed by atoms with Crippen LogP contribution in [0, 0.1) is 0 Å². The number of hydrogen-bond acceptors (Lipinski definition) is 5. The van der Waals surface area contributed by atoms with Crippen LogP contribution < -0.4 is 10.6 Å².